The zero-order valence-corrected chi connectivity index (χ0v) is 19.7. The lowest BCUT2D eigenvalue weighted by Crippen LogP contribution is -2.49. The summed E-state index contributed by atoms with van der Waals surface area (Å²) in [4.78, 5) is 22.2. The number of piperazine rings is 1. The number of aromatic nitrogens is 2. The molecule has 2 aromatic heterocycles. The lowest BCUT2D eigenvalue weighted by Gasteiger charge is -2.34. The van der Waals surface area contributed by atoms with Gasteiger partial charge in [-0.2, -0.15) is 0 Å². The number of pyridine rings is 1. The second-order valence-electron chi connectivity index (χ2n) is 10.2. The SMILES string of the molecule is CC(C)(C)Cc1noc2nc(C3CC3)cc(C(=O)N3CCN(CCS(C)(=O)=O)CC3)c12. The molecule has 0 unspecified atom stereocenters. The molecule has 2 aliphatic rings. The molecule has 0 aromatic carbocycles. The van der Waals surface area contributed by atoms with Crippen molar-refractivity contribution < 1.29 is 17.7 Å². The number of carbonyl (C=O) groups is 1. The third kappa shape index (κ3) is 5.44. The number of nitrogens with zero attached hydrogens (tertiary/aromatic N) is 4. The summed E-state index contributed by atoms with van der Waals surface area (Å²) in [6.07, 6.45) is 4.14. The molecule has 1 saturated heterocycles. The second-order valence-corrected chi connectivity index (χ2v) is 12.4. The highest BCUT2D eigenvalue weighted by atomic mass is 32.2. The summed E-state index contributed by atoms with van der Waals surface area (Å²) < 4.78 is 28.5. The van der Waals surface area contributed by atoms with Gasteiger partial charge >= 0.3 is 0 Å². The average molecular weight is 449 g/mol. The molecule has 0 radical (unpaired) electrons. The topological polar surface area (TPSA) is 96.6 Å². The van der Waals surface area contributed by atoms with Crippen molar-refractivity contribution in [2.75, 3.05) is 44.7 Å². The summed E-state index contributed by atoms with van der Waals surface area (Å²) in [6, 6.07) is 1.95. The van der Waals surface area contributed by atoms with Crippen molar-refractivity contribution in [1.29, 1.82) is 0 Å². The molecule has 3 heterocycles. The molecule has 1 saturated carbocycles. The first-order chi connectivity index (χ1) is 14.5. The Kier molecular flexibility index (Phi) is 5.85. The van der Waals surface area contributed by atoms with E-state index in [9.17, 15) is 13.2 Å². The van der Waals surface area contributed by atoms with Gasteiger partial charge in [0, 0.05) is 50.6 Å². The van der Waals surface area contributed by atoms with Crippen LogP contribution in [0.25, 0.3) is 11.1 Å². The highest BCUT2D eigenvalue weighted by molar-refractivity contribution is 7.90. The van der Waals surface area contributed by atoms with Crippen LogP contribution in [0.15, 0.2) is 10.6 Å². The number of amides is 1. The quantitative estimate of drug-likeness (QED) is 0.670. The van der Waals surface area contributed by atoms with Gasteiger partial charge in [0.25, 0.3) is 11.6 Å². The van der Waals surface area contributed by atoms with E-state index < -0.39 is 9.84 Å². The minimum absolute atomic E-state index is 0.00449. The van der Waals surface area contributed by atoms with Gasteiger partial charge in [-0.05, 0) is 30.7 Å². The third-order valence-corrected chi connectivity index (χ3v) is 6.82. The predicted octanol–water partition coefficient (Wildman–Crippen LogP) is 2.49. The van der Waals surface area contributed by atoms with Crippen LogP contribution in [0.4, 0.5) is 0 Å². The fourth-order valence-corrected chi connectivity index (χ4v) is 4.64. The molecule has 0 N–H and O–H groups in total. The summed E-state index contributed by atoms with van der Waals surface area (Å²) in [5.41, 5.74) is 2.80. The standard InChI is InChI=1S/C22H32N4O4S/c1-22(2,3)14-18-19-16(13-17(15-5-6-15)23-20(19)30-24-18)21(27)26-9-7-25(8-10-26)11-12-31(4,28)29/h13,15H,5-12,14H2,1-4H3. The number of sulfone groups is 1. The maximum atomic E-state index is 13.6. The van der Waals surface area contributed by atoms with Crippen LogP contribution in [0.2, 0.25) is 0 Å². The van der Waals surface area contributed by atoms with E-state index in [1.165, 1.54) is 6.26 Å². The van der Waals surface area contributed by atoms with Crippen LogP contribution in [-0.2, 0) is 16.3 Å². The Morgan fingerprint density at radius 1 is 1.19 bits per heavy atom. The highest BCUT2D eigenvalue weighted by Gasteiger charge is 2.32. The van der Waals surface area contributed by atoms with Crippen molar-refractivity contribution in [2.24, 2.45) is 5.41 Å². The fraction of sp³-hybridized carbons (Fsp3) is 0.682. The van der Waals surface area contributed by atoms with Gasteiger partial charge in [-0.3, -0.25) is 9.69 Å². The summed E-state index contributed by atoms with van der Waals surface area (Å²) in [5.74, 6) is 0.531. The van der Waals surface area contributed by atoms with E-state index in [1.807, 2.05) is 11.0 Å². The largest absolute Gasteiger partial charge is 0.336 e. The molecular weight excluding hydrogens is 416 g/mol. The van der Waals surface area contributed by atoms with Crippen LogP contribution in [0.3, 0.4) is 0 Å². The normalized spacial score (nSPS) is 18.6. The first-order valence-electron chi connectivity index (χ1n) is 11.0. The Hall–Kier alpha value is -2.00. The van der Waals surface area contributed by atoms with Crippen LogP contribution in [-0.4, -0.2) is 79.0 Å². The monoisotopic (exact) mass is 448 g/mol. The van der Waals surface area contributed by atoms with Crippen molar-refractivity contribution in [3.63, 3.8) is 0 Å². The molecule has 9 heteroatoms. The molecule has 1 aliphatic carbocycles. The fourth-order valence-electron chi connectivity index (χ4n) is 4.05. The van der Waals surface area contributed by atoms with E-state index >= 15 is 0 Å². The van der Waals surface area contributed by atoms with E-state index in [2.05, 4.69) is 35.8 Å². The lowest BCUT2D eigenvalue weighted by atomic mass is 9.89. The minimum atomic E-state index is -2.99. The Morgan fingerprint density at radius 3 is 2.45 bits per heavy atom. The molecule has 8 nitrogen and oxygen atoms in total. The number of hydrogen-bond donors (Lipinski definition) is 0. The molecule has 2 fully saturated rings. The number of rotatable bonds is 6. The molecule has 170 valence electrons. The summed E-state index contributed by atoms with van der Waals surface area (Å²) in [5, 5.41) is 5.02. The first-order valence-corrected chi connectivity index (χ1v) is 13.0. The van der Waals surface area contributed by atoms with Crippen molar-refractivity contribution in [1.82, 2.24) is 19.9 Å². The highest BCUT2D eigenvalue weighted by Crippen LogP contribution is 2.41. The molecule has 2 aromatic rings. The average Bonchev–Trinajstić information content (AvgIpc) is 3.46. The zero-order chi connectivity index (χ0) is 22.4. The molecule has 4 rings (SSSR count). The van der Waals surface area contributed by atoms with Crippen molar-refractivity contribution >= 4 is 26.8 Å². The molecular formula is C22H32N4O4S. The van der Waals surface area contributed by atoms with Gasteiger partial charge in [0.2, 0.25) is 0 Å². The third-order valence-electron chi connectivity index (χ3n) is 5.90. The minimum Gasteiger partial charge on any atom is -0.336 e. The van der Waals surface area contributed by atoms with Crippen LogP contribution in [0.1, 0.15) is 61.3 Å². The molecule has 1 aliphatic heterocycles. The maximum absolute atomic E-state index is 13.6. The Morgan fingerprint density at radius 2 is 1.87 bits per heavy atom. The van der Waals surface area contributed by atoms with E-state index in [1.54, 1.807) is 0 Å². The summed E-state index contributed by atoms with van der Waals surface area (Å²) in [6.45, 7) is 9.40. The second kappa shape index (κ2) is 8.16. The Labute approximate surface area is 183 Å². The molecule has 0 spiro atoms. The molecule has 1 amide bonds. The van der Waals surface area contributed by atoms with Gasteiger partial charge in [-0.15, -0.1) is 0 Å². The first kappa shape index (κ1) is 22.2. The van der Waals surface area contributed by atoms with Crippen LogP contribution in [0.5, 0.6) is 0 Å². The zero-order valence-electron chi connectivity index (χ0n) is 18.8. The summed E-state index contributed by atoms with van der Waals surface area (Å²) in [7, 11) is -2.99. The van der Waals surface area contributed by atoms with Gasteiger partial charge in [-0.1, -0.05) is 25.9 Å². The van der Waals surface area contributed by atoms with Gasteiger partial charge in [0.15, 0.2) is 0 Å². The van der Waals surface area contributed by atoms with E-state index in [0.717, 1.165) is 29.6 Å². The van der Waals surface area contributed by atoms with E-state index in [0.29, 0.717) is 56.3 Å². The van der Waals surface area contributed by atoms with Crippen molar-refractivity contribution in [3.8, 4) is 0 Å². The van der Waals surface area contributed by atoms with Gasteiger partial charge < -0.3 is 9.42 Å². The maximum Gasteiger partial charge on any atom is 0.259 e. The molecule has 0 bridgehead atoms. The van der Waals surface area contributed by atoms with E-state index in [4.69, 9.17) is 4.52 Å². The van der Waals surface area contributed by atoms with Gasteiger partial charge in [0.05, 0.1) is 22.4 Å². The van der Waals surface area contributed by atoms with Crippen LogP contribution < -0.4 is 0 Å². The Balaban J connectivity index is 1.57. The molecule has 31 heavy (non-hydrogen) atoms. The van der Waals surface area contributed by atoms with Gasteiger partial charge in [0.1, 0.15) is 9.84 Å². The summed E-state index contributed by atoms with van der Waals surface area (Å²) >= 11 is 0. The Bertz CT molecular complexity index is 1070. The predicted molar refractivity (Wildman–Crippen MR) is 119 cm³/mol. The van der Waals surface area contributed by atoms with Crippen LogP contribution in [0, 0.1) is 5.41 Å². The van der Waals surface area contributed by atoms with Crippen LogP contribution >= 0.6 is 0 Å². The van der Waals surface area contributed by atoms with Crippen molar-refractivity contribution in [2.45, 2.75) is 46.0 Å². The smallest absolute Gasteiger partial charge is 0.259 e. The number of hydrogen-bond acceptors (Lipinski definition) is 7. The number of carbonyl (C=O) groups excluding carboxylic acids is 1. The van der Waals surface area contributed by atoms with E-state index in [-0.39, 0.29) is 17.1 Å². The van der Waals surface area contributed by atoms with Gasteiger partial charge in [-0.25, -0.2) is 13.4 Å². The molecule has 0 atom stereocenters. The lowest BCUT2D eigenvalue weighted by molar-refractivity contribution is 0.0645. The van der Waals surface area contributed by atoms with Crippen molar-refractivity contribution in [3.05, 3.63) is 23.0 Å². The number of fused-ring (bicyclic) bond motifs is 1.